The number of aryl methyl sites for hydroxylation is 1. The quantitative estimate of drug-likeness (QED) is 0.924. The van der Waals surface area contributed by atoms with Crippen molar-refractivity contribution in [1.29, 1.82) is 0 Å². The minimum absolute atomic E-state index is 0.0485. The topological polar surface area (TPSA) is 35.2 Å². The summed E-state index contributed by atoms with van der Waals surface area (Å²) in [6, 6.07) is 11.4. The highest BCUT2D eigenvalue weighted by molar-refractivity contribution is 5.66. The van der Waals surface area contributed by atoms with E-state index in [1.54, 1.807) is 12.1 Å². The van der Waals surface area contributed by atoms with Crippen LogP contribution in [0.5, 0.6) is 5.75 Å². The molecule has 2 nitrogen and oxygen atoms in total. The van der Waals surface area contributed by atoms with Gasteiger partial charge in [-0.1, -0.05) is 35.9 Å². The van der Waals surface area contributed by atoms with Crippen LogP contribution >= 0.6 is 0 Å². The van der Waals surface area contributed by atoms with Crippen molar-refractivity contribution in [2.24, 2.45) is 5.73 Å². The molecule has 2 aromatic rings. The van der Waals surface area contributed by atoms with Gasteiger partial charge >= 0.3 is 6.18 Å². The van der Waals surface area contributed by atoms with E-state index in [-0.39, 0.29) is 18.9 Å². The molecule has 0 aliphatic heterocycles. The lowest BCUT2D eigenvalue weighted by Crippen LogP contribution is -2.14. The summed E-state index contributed by atoms with van der Waals surface area (Å²) in [5, 5.41) is 0. The fraction of sp³-hybridized carbons (Fsp3) is 0.250. The molecule has 0 amide bonds. The number of nitrogens with two attached hydrogens (primary N) is 1. The molecule has 0 unspecified atom stereocenters. The van der Waals surface area contributed by atoms with Crippen molar-refractivity contribution in [2.45, 2.75) is 13.1 Å². The van der Waals surface area contributed by atoms with Crippen molar-refractivity contribution in [2.75, 3.05) is 13.2 Å². The van der Waals surface area contributed by atoms with E-state index in [0.29, 0.717) is 5.56 Å². The Hall–Kier alpha value is -2.01. The maximum absolute atomic E-state index is 13.1. The van der Waals surface area contributed by atoms with Gasteiger partial charge < -0.3 is 10.5 Å². The average molecular weight is 295 g/mol. The first kappa shape index (κ1) is 15.4. The van der Waals surface area contributed by atoms with Crippen molar-refractivity contribution in [3.63, 3.8) is 0 Å². The number of benzene rings is 2. The molecule has 0 aromatic heterocycles. The Balaban J connectivity index is 2.46. The van der Waals surface area contributed by atoms with Crippen molar-refractivity contribution in [3.05, 3.63) is 53.6 Å². The fourth-order valence-electron chi connectivity index (χ4n) is 2.05. The molecule has 0 saturated carbocycles. The Labute approximate surface area is 121 Å². The predicted octanol–water partition coefficient (Wildman–Crippen LogP) is 4.02. The maximum Gasteiger partial charge on any atom is 0.419 e. The van der Waals surface area contributed by atoms with E-state index in [9.17, 15) is 13.2 Å². The zero-order chi connectivity index (χ0) is 15.5. The van der Waals surface area contributed by atoms with Crippen molar-refractivity contribution in [1.82, 2.24) is 0 Å². The summed E-state index contributed by atoms with van der Waals surface area (Å²) in [4.78, 5) is 0. The molecule has 2 aromatic carbocycles. The third kappa shape index (κ3) is 3.76. The van der Waals surface area contributed by atoms with Crippen LogP contribution in [0.4, 0.5) is 13.2 Å². The monoisotopic (exact) mass is 295 g/mol. The summed E-state index contributed by atoms with van der Waals surface area (Å²) in [6.07, 6.45) is -4.47. The van der Waals surface area contributed by atoms with E-state index in [4.69, 9.17) is 10.5 Å². The van der Waals surface area contributed by atoms with E-state index in [0.717, 1.165) is 17.2 Å². The number of alkyl halides is 3. The van der Waals surface area contributed by atoms with Crippen LogP contribution in [0.1, 0.15) is 11.1 Å². The number of ether oxygens (including phenoxy) is 1. The molecule has 0 aliphatic rings. The Kier molecular flexibility index (Phi) is 4.53. The SMILES string of the molecule is Cc1cccc(-c2ccc(OCCN)c(C(F)(F)F)c2)c1. The van der Waals surface area contributed by atoms with Gasteiger partial charge in [-0.05, 0) is 30.2 Å². The molecule has 0 radical (unpaired) electrons. The summed E-state index contributed by atoms with van der Waals surface area (Å²) < 4.78 is 44.5. The highest BCUT2D eigenvalue weighted by Crippen LogP contribution is 2.38. The summed E-state index contributed by atoms with van der Waals surface area (Å²) in [7, 11) is 0. The van der Waals surface area contributed by atoms with Crippen LogP contribution in [0, 0.1) is 6.92 Å². The molecule has 0 spiro atoms. The first-order valence-corrected chi connectivity index (χ1v) is 6.53. The van der Waals surface area contributed by atoms with Gasteiger partial charge in [0.05, 0.1) is 5.56 Å². The molecule has 0 saturated heterocycles. The zero-order valence-corrected chi connectivity index (χ0v) is 11.6. The minimum atomic E-state index is -4.47. The molecule has 2 N–H and O–H groups in total. The van der Waals surface area contributed by atoms with Gasteiger partial charge in [0.2, 0.25) is 0 Å². The summed E-state index contributed by atoms with van der Waals surface area (Å²) in [6.45, 7) is 2.11. The van der Waals surface area contributed by atoms with Gasteiger partial charge in [0.15, 0.2) is 0 Å². The average Bonchev–Trinajstić information content (AvgIpc) is 2.44. The summed E-state index contributed by atoms with van der Waals surface area (Å²) in [5.41, 5.74) is 6.72. The first-order valence-electron chi connectivity index (χ1n) is 6.53. The molecule has 0 fully saturated rings. The van der Waals surface area contributed by atoms with Gasteiger partial charge in [0.1, 0.15) is 12.4 Å². The van der Waals surface area contributed by atoms with E-state index < -0.39 is 11.7 Å². The van der Waals surface area contributed by atoms with Gasteiger partial charge in [0.25, 0.3) is 0 Å². The largest absolute Gasteiger partial charge is 0.492 e. The fourth-order valence-corrected chi connectivity index (χ4v) is 2.05. The van der Waals surface area contributed by atoms with E-state index in [1.807, 2.05) is 25.1 Å². The standard InChI is InChI=1S/C16H16F3NO/c1-11-3-2-4-12(9-11)13-5-6-15(21-8-7-20)14(10-13)16(17,18)19/h2-6,9-10H,7-8,20H2,1H3. The highest BCUT2D eigenvalue weighted by atomic mass is 19.4. The van der Waals surface area contributed by atoms with Gasteiger partial charge in [-0.25, -0.2) is 0 Å². The third-order valence-corrected chi connectivity index (χ3v) is 3.01. The lowest BCUT2D eigenvalue weighted by molar-refractivity contribution is -0.138. The van der Waals surface area contributed by atoms with Crippen molar-refractivity contribution >= 4 is 0 Å². The van der Waals surface area contributed by atoms with Crippen LogP contribution in [-0.4, -0.2) is 13.2 Å². The number of rotatable bonds is 4. The summed E-state index contributed by atoms with van der Waals surface area (Å²) >= 11 is 0. The summed E-state index contributed by atoms with van der Waals surface area (Å²) in [5.74, 6) is -0.190. The smallest absolute Gasteiger partial charge is 0.419 e. The van der Waals surface area contributed by atoms with Crippen molar-refractivity contribution < 1.29 is 17.9 Å². The number of halogens is 3. The van der Waals surface area contributed by atoms with Crippen LogP contribution in [0.2, 0.25) is 0 Å². The Bertz CT molecular complexity index is 623. The Morgan fingerprint density at radius 3 is 2.38 bits per heavy atom. The van der Waals surface area contributed by atoms with Gasteiger partial charge in [0, 0.05) is 6.54 Å². The Morgan fingerprint density at radius 1 is 1.05 bits per heavy atom. The molecular weight excluding hydrogens is 279 g/mol. The molecule has 112 valence electrons. The van der Waals surface area contributed by atoms with Crippen molar-refractivity contribution in [3.8, 4) is 16.9 Å². The van der Waals surface area contributed by atoms with E-state index >= 15 is 0 Å². The van der Waals surface area contributed by atoms with Crippen LogP contribution < -0.4 is 10.5 Å². The third-order valence-electron chi connectivity index (χ3n) is 3.01. The first-order chi connectivity index (χ1) is 9.91. The normalized spacial score (nSPS) is 11.5. The Morgan fingerprint density at radius 2 is 1.76 bits per heavy atom. The second-order valence-electron chi connectivity index (χ2n) is 4.72. The number of hydrogen-bond acceptors (Lipinski definition) is 2. The molecule has 21 heavy (non-hydrogen) atoms. The van der Waals surface area contributed by atoms with Gasteiger partial charge in [-0.2, -0.15) is 13.2 Å². The molecule has 0 heterocycles. The molecular formula is C16H16F3NO. The number of hydrogen-bond donors (Lipinski definition) is 1. The van der Waals surface area contributed by atoms with Crippen LogP contribution in [0.25, 0.3) is 11.1 Å². The highest BCUT2D eigenvalue weighted by Gasteiger charge is 2.34. The van der Waals surface area contributed by atoms with Gasteiger partial charge in [-0.15, -0.1) is 0 Å². The minimum Gasteiger partial charge on any atom is -0.492 e. The second-order valence-corrected chi connectivity index (χ2v) is 4.72. The van der Waals surface area contributed by atoms with E-state index in [1.165, 1.54) is 6.07 Å². The van der Waals surface area contributed by atoms with Crippen LogP contribution in [0.15, 0.2) is 42.5 Å². The molecule has 0 atom stereocenters. The lowest BCUT2D eigenvalue weighted by atomic mass is 10.0. The molecule has 5 heteroatoms. The van der Waals surface area contributed by atoms with E-state index in [2.05, 4.69) is 0 Å². The van der Waals surface area contributed by atoms with Crippen LogP contribution in [0.3, 0.4) is 0 Å². The second kappa shape index (κ2) is 6.18. The maximum atomic E-state index is 13.1. The molecule has 0 aliphatic carbocycles. The van der Waals surface area contributed by atoms with Crippen LogP contribution in [-0.2, 0) is 6.18 Å². The molecule has 2 rings (SSSR count). The molecule has 0 bridgehead atoms. The zero-order valence-electron chi connectivity index (χ0n) is 11.6. The lowest BCUT2D eigenvalue weighted by Gasteiger charge is -2.15. The predicted molar refractivity (Wildman–Crippen MR) is 76.2 cm³/mol. The van der Waals surface area contributed by atoms with Gasteiger partial charge in [-0.3, -0.25) is 0 Å².